The fourth-order valence-electron chi connectivity index (χ4n) is 2.00. The first-order valence-corrected chi connectivity index (χ1v) is 7.69. The Balaban J connectivity index is 2.49. The van der Waals surface area contributed by atoms with E-state index in [-0.39, 0.29) is 35.7 Å². The van der Waals surface area contributed by atoms with Crippen LogP contribution in [0.25, 0.3) is 0 Å². The maximum absolute atomic E-state index is 12.4. The maximum atomic E-state index is 12.4. The Bertz CT molecular complexity index is 687. The van der Waals surface area contributed by atoms with Gasteiger partial charge in [-0.05, 0) is 0 Å². The van der Waals surface area contributed by atoms with Gasteiger partial charge in [-0.25, -0.2) is 13.2 Å². The lowest BCUT2D eigenvalue weighted by Crippen LogP contribution is -2.27. The highest BCUT2D eigenvalue weighted by Crippen LogP contribution is 2.25. The van der Waals surface area contributed by atoms with Gasteiger partial charge in [0.25, 0.3) is 5.12 Å². The largest absolute Gasteiger partial charge is 0.466 e. The lowest BCUT2D eigenvalue weighted by molar-refractivity contribution is -0.137. The molecule has 0 saturated carbocycles. The molecule has 21 heavy (non-hydrogen) atoms. The molecule has 1 aromatic rings. The average molecular weight is 310 g/mol. The van der Waals surface area contributed by atoms with Gasteiger partial charge >= 0.3 is 5.97 Å². The Morgan fingerprint density at radius 1 is 1.19 bits per heavy atom. The summed E-state index contributed by atoms with van der Waals surface area (Å²) < 4.78 is 34.5. The molecule has 6 nitrogen and oxygen atoms in total. The molecule has 0 radical (unpaired) electrons. The number of rotatable bonds is 3. The van der Waals surface area contributed by atoms with E-state index in [9.17, 15) is 18.0 Å². The minimum absolute atomic E-state index is 0.0225. The van der Waals surface area contributed by atoms with E-state index >= 15 is 0 Å². The van der Waals surface area contributed by atoms with Gasteiger partial charge in [-0.3, -0.25) is 4.79 Å². The van der Waals surface area contributed by atoms with Crippen LogP contribution in [-0.2, 0) is 24.1 Å². The summed E-state index contributed by atoms with van der Waals surface area (Å²) in [6.07, 6.45) is -0.0225. The summed E-state index contributed by atoms with van der Waals surface area (Å²) in [4.78, 5) is 23.6. The quantitative estimate of drug-likeness (QED) is 0.777. The van der Waals surface area contributed by atoms with E-state index in [1.807, 2.05) is 0 Å². The van der Waals surface area contributed by atoms with Crippen molar-refractivity contribution in [2.24, 2.45) is 0 Å². The first-order valence-electron chi connectivity index (χ1n) is 6.21. The number of hydrogen-bond donors (Lipinski definition) is 0. The fraction of sp³-hybridized carbons (Fsp3) is 0.286. The van der Waals surface area contributed by atoms with E-state index in [4.69, 9.17) is 4.74 Å². The molecular weight excluding hydrogens is 296 g/mol. The molecule has 0 N–H and O–H groups in total. The zero-order valence-corrected chi connectivity index (χ0v) is 12.2. The second-order valence-electron chi connectivity index (χ2n) is 4.35. The summed E-state index contributed by atoms with van der Waals surface area (Å²) in [5, 5.41) is -1.03. The summed E-state index contributed by atoms with van der Waals surface area (Å²) in [5.74, 6) is -0.797. The van der Waals surface area contributed by atoms with Crippen molar-refractivity contribution >= 4 is 20.9 Å². The highest BCUT2D eigenvalue weighted by molar-refractivity contribution is 8.10. The Hall–Kier alpha value is -1.99. The fourth-order valence-corrected chi connectivity index (χ4v) is 3.49. The molecule has 0 aromatic heterocycles. The Morgan fingerprint density at radius 3 is 2.48 bits per heavy atom. The lowest BCUT2D eigenvalue weighted by atomic mass is 10.2. The topological polar surface area (TPSA) is 86.7 Å². The number of esters is 1. The van der Waals surface area contributed by atoms with Crippen LogP contribution in [0.2, 0.25) is 0 Å². The number of ether oxygens (including phenoxy) is 2. The Kier molecular flexibility index (Phi) is 4.54. The highest BCUT2D eigenvalue weighted by Gasteiger charge is 2.35. The third-order valence-corrected chi connectivity index (χ3v) is 4.89. The van der Waals surface area contributed by atoms with Crippen molar-refractivity contribution in [3.63, 3.8) is 0 Å². The minimum atomic E-state index is -4.26. The van der Waals surface area contributed by atoms with Gasteiger partial charge in [0, 0.05) is 12.0 Å². The van der Waals surface area contributed by atoms with Crippen LogP contribution in [0.15, 0.2) is 40.8 Å². The number of benzene rings is 1. The van der Waals surface area contributed by atoms with E-state index in [2.05, 4.69) is 4.74 Å². The average Bonchev–Trinajstić information content (AvgIpc) is 2.54. The van der Waals surface area contributed by atoms with E-state index in [0.29, 0.717) is 0 Å². The van der Waals surface area contributed by atoms with Crippen molar-refractivity contribution in [2.45, 2.75) is 6.42 Å². The predicted octanol–water partition coefficient (Wildman–Crippen LogP) is 1.09. The standard InChI is InChI=1S/C14H14O6S/c1-19-13(15)11-9-20-8-7-12(11)21(17,18)14(16)10-5-3-2-4-6-10/h2-6H,7-9H2,1H3. The third kappa shape index (κ3) is 3.03. The smallest absolute Gasteiger partial charge is 0.337 e. The van der Waals surface area contributed by atoms with E-state index in [1.165, 1.54) is 12.1 Å². The van der Waals surface area contributed by atoms with Crippen molar-refractivity contribution in [1.29, 1.82) is 0 Å². The number of carbonyl (C=O) groups excluding carboxylic acids is 2. The molecule has 0 fully saturated rings. The SMILES string of the molecule is COC(=O)C1=C(S(=O)(=O)C(=O)c2ccccc2)CCOC1. The van der Waals surface area contributed by atoms with Crippen LogP contribution in [0, 0.1) is 0 Å². The number of carbonyl (C=O) groups is 2. The number of methoxy groups -OCH3 is 1. The van der Waals surface area contributed by atoms with Crippen LogP contribution in [-0.4, -0.2) is 39.8 Å². The van der Waals surface area contributed by atoms with Gasteiger partial charge in [-0.2, -0.15) is 0 Å². The molecule has 0 saturated heterocycles. The molecule has 112 valence electrons. The zero-order valence-electron chi connectivity index (χ0n) is 11.4. The highest BCUT2D eigenvalue weighted by atomic mass is 32.2. The molecule has 0 spiro atoms. The monoisotopic (exact) mass is 310 g/mol. The van der Waals surface area contributed by atoms with Gasteiger partial charge in [-0.1, -0.05) is 30.3 Å². The van der Waals surface area contributed by atoms with Crippen LogP contribution in [0.3, 0.4) is 0 Å². The predicted molar refractivity (Wildman–Crippen MR) is 74.2 cm³/mol. The van der Waals surface area contributed by atoms with Crippen LogP contribution >= 0.6 is 0 Å². The van der Waals surface area contributed by atoms with Gasteiger partial charge in [-0.15, -0.1) is 0 Å². The molecule has 0 bridgehead atoms. The van der Waals surface area contributed by atoms with Crippen molar-refractivity contribution in [3.05, 3.63) is 46.4 Å². The summed E-state index contributed by atoms with van der Waals surface area (Å²) in [6.45, 7) is -0.0412. The molecule has 1 aromatic carbocycles. The molecule has 1 aliphatic rings. The first kappa shape index (κ1) is 15.4. The second-order valence-corrected chi connectivity index (χ2v) is 6.22. The Labute approximate surface area is 122 Å². The van der Waals surface area contributed by atoms with Gasteiger partial charge < -0.3 is 9.47 Å². The molecule has 2 rings (SSSR count). The third-order valence-electron chi connectivity index (χ3n) is 3.07. The summed E-state index contributed by atoms with van der Waals surface area (Å²) in [6, 6.07) is 7.65. The van der Waals surface area contributed by atoms with E-state index in [1.54, 1.807) is 18.2 Å². The number of sulfone groups is 1. The molecule has 0 aliphatic carbocycles. The van der Waals surface area contributed by atoms with Crippen LogP contribution < -0.4 is 0 Å². The van der Waals surface area contributed by atoms with Crippen LogP contribution in [0.1, 0.15) is 16.8 Å². The van der Waals surface area contributed by atoms with E-state index in [0.717, 1.165) is 7.11 Å². The van der Waals surface area contributed by atoms with Crippen molar-refractivity contribution < 1.29 is 27.5 Å². The molecule has 7 heteroatoms. The summed E-state index contributed by atoms with van der Waals surface area (Å²) in [7, 11) is -3.11. The first-order chi connectivity index (χ1) is 9.98. The minimum Gasteiger partial charge on any atom is -0.466 e. The van der Waals surface area contributed by atoms with Gasteiger partial charge in [0.2, 0.25) is 9.84 Å². The van der Waals surface area contributed by atoms with Gasteiger partial charge in [0.1, 0.15) is 0 Å². The molecule has 1 aliphatic heterocycles. The van der Waals surface area contributed by atoms with Crippen molar-refractivity contribution in [2.75, 3.05) is 20.3 Å². The summed E-state index contributed by atoms with van der Waals surface area (Å²) >= 11 is 0. The molecule has 0 atom stereocenters. The second kappa shape index (κ2) is 6.19. The normalized spacial score (nSPS) is 15.7. The molecule has 0 amide bonds. The maximum Gasteiger partial charge on any atom is 0.337 e. The van der Waals surface area contributed by atoms with Crippen LogP contribution in [0.5, 0.6) is 0 Å². The van der Waals surface area contributed by atoms with Gasteiger partial charge in [0.15, 0.2) is 0 Å². The number of hydrogen-bond acceptors (Lipinski definition) is 6. The van der Waals surface area contributed by atoms with E-state index < -0.39 is 20.9 Å². The lowest BCUT2D eigenvalue weighted by Gasteiger charge is -2.18. The van der Waals surface area contributed by atoms with Crippen molar-refractivity contribution in [1.82, 2.24) is 0 Å². The summed E-state index contributed by atoms with van der Waals surface area (Å²) in [5.41, 5.74) is -0.0614. The molecular formula is C14H14O6S. The molecule has 1 heterocycles. The Morgan fingerprint density at radius 2 is 1.86 bits per heavy atom. The van der Waals surface area contributed by atoms with Crippen LogP contribution in [0.4, 0.5) is 0 Å². The molecule has 0 unspecified atom stereocenters. The zero-order chi connectivity index (χ0) is 15.5. The van der Waals surface area contributed by atoms with Gasteiger partial charge in [0.05, 0.1) is 30.8 Å². The van der Waals surface area contributed by atoms with Crippen molar-refractivity contribution in [3.8, 4) is 0 Å².